The number of nitrogens with zero attached hydrogens (tertiary/aromatic N) is 1. The van der Waals surface area contributed by atoms with E-state index in [1.54, 1.807) is 11.3 Å². The van der Waals surface area contributed by atoms with Crippen molar-refractivity contribution in [1.29, 1.82) is 0 Å². The SMILES string of the molecule is Cc1csc(C2(N)CCC(C)CC2)n1. The van der Waals surface area contributed by atoms with Gasteiger partial charge in [-0.3, -0.25) is 0 Å². The first kappa shape index (κ1) is 10.1. The van der Waals surface area contributed by atoms with E-state index in [1.807, 2.05) is 6.92 Å². The van der Waals surface area contributed by atoms with Crippen LogP contribution in [0.15, 0.2) is 5.38 Å². The standard InChI is InChI=1S/C11H18N2S/c1-8-3-5-11(12,6-4-8)10-13-9(2)7-14-10/h7-8H,3-6,12H2,1-2H3. The van der Waals surface area contributed by atoms with Gasteiger partial charge in [0, 0.05) is 11.1 Å². The summed E-state index contributed by atoms with van der Waals surface area (Å²) in [5.41, 5.74) is 7.39. The molecule has 1 saturated carbocycles. The predicted molar refractivity (Wildman–Crippen MR) is 60.3 cm³/mol. The minimum atomic E-state index is -0.120. The van der Waals surface area contributed by atoms with Gasteiger partial charge < -0.3 is 5.73 Å². The maximum atomic E-state index is 6.40. The van der Waals surface area contributed by atoms with Gasteiger partial charge in [-0.05, 0) is 38.5 Å². The van der Waals surface area contributed by atoms with E-state index in [0.29, 0.717) is 0 Å². The average Bonchev–Trinajstić information content (AvgIpc) is 2.58. The van der Waals surface area contributed by atoms with E-state index in [0.717, 1.165) is 29.5 Å². The molecule has 1 fully saturated rings. The molecule has 0 aliphatic heterocycles. The minimum Gasteiger partial charge on any atom is -0.319 e. The number of rotatable bonds is 1. The predicted octanol–water partition coefficient (Wildman–Crippen LogP) is 2.82. The molecule has 0 aromatic carbocycles. The number of thiazole rings is 1. The van der Waals surface area contributed by atoms with Gasteiger partial charge >= 0.3 is 0 Å². The molecule has 0 radical (unpaired) electrons. The Morgan fingerprint density at radius 1 is 1.50 bits per heavy atom. The van der Waals surface area contributed by atoms with Gasteiger partial charge in [0.1, 0.15) is 5.01 Å². The lowest BCUT2D eigenvalue weighted by Gasteiger charge is -2.34. The van der Waals surface area contributed by atoms with Crippen molar-refractivity contribution >= 4 is 11.3 Å². The Kier molecular flexibility index (Phi) is 2.62. The van der Waals surface area contributed by atoms with E-state index in [1.165, 1.54) is 12.8 Å². The van der Waals surface area contributed by atoms with Crippen LogP contribution in [0.25, 0.3) is 0 Å². The third-order valence-electron chi connectivity index (χ3n) is 3.21. The lowest BCUT2D eigenvalue weighted by atomic mass is 9.78. The summed E-state index contributed by atoms with van der Waals surface area (Å²) in [4.78, 5) is 4.52. The maximum Gasteiger partial charge on any atom is 0.113 e. The van der Waals surface area contributed by atoms with Crippen LogP contribution in [0.4, 0.5) is 0 Å². The van der Waals surface area contributed by atoms with Crippen molar-refractivity contribution < 1.29 is 0 Å². The summed E-state index contributed by atoms with van der Waals surface area (Å²) in [6.45, 7) is 4.35. The lowest BCUT2D eigenvalue weighted by Crippen LogP contribution is -2.40. The number of aryl methyl sites for hydroxylation is 1. The fraction of sp³-hybridized carbons (Fsp3) is 0.727. The van der Waals surface area contributed by atoms with Crippen LogP contribution in [0, 0.1) is 12.8 Å². The van der Waals surface area contributed by atoms with Crippen LogP contribution < -0.4 is 5.73 Å². The molecule has 0 bridgehead atoms. The van der Waals surface area contributed by atoms with Crippen molar-refractivity contribution in [3.63, 3.8) is 0 Å². The third kappa shape index (κ3) is 1.84. The van der Waals surface area contributed by atoms with E-state index >= 15 is 0 Å². The Morgan fingerprint density at radius 3 is 2.64 bits per heavy atom. The molecule has 78 valence electrons. The average molecular weight is 210 g/mol. The summed E-state index contributed by atoms with van der Waals surface area (Å²) in [5.74, 6) is 0.840. The second-order valence-corrected chi connectivity index (χ2v) is 5.49. The zero-order valence-corrected chi connectivity index (χ0v) is 9.73. The van der Waals surface area contributed by atoms with Gasteiger partial charge in [0.05, 0.1) is 5.54 Å². The summed E-state index contributed by atoms with van der Waals surface area (Å²) >= 11 is 1.72. The Morgan fingerprint density at radius 2 is 2.14 bits per heavy atom. The van der Waals surface area contributed by atoms with Crippen LogP contribution in [-0.4, -0.2) is 4.98 Å². The van der Waals surface area contributed by atoms with Gasteiger partial charge in [0.25, 0.3) is 0 Å². The monoisotopic (exact) mass is 210 g/mol. The van der Waals surface area contributed by atoms with Gasteiger partial charge in [-0.15, -0.1) is 11.3 Å². The smallest absolute Gasteiger partial charge is 0.113 e. The highest BCUT2D eigenvalue weighted by Crippen LogP contribution is 2.38. The normalized spacial score (nSPS) is 33.2. The highest BCUT2D eigenvalue weighted by molar-refractivity contribution is 7.09. The van der Waals surface area contributed by atoms with Crippen LogP contribution in [0.5, 0.6) is 0 Å². The zero-order chi connectivity index (χ0) is 10.2. The summed E-state index contributed by atoms with van der Waals surface area (Å²) in [7, 11) is 0. The summed E-state index contributed by atoms with van der Waals surface area (Å²) in [6, 6.07) is 0. The molecule has 0 unspecified atom stereocenters. The summed E-state index contributed by atoms with van der Waals surface area (Å²) in [6.07, 6.45) is 4.69. The van der Waals surface area contributed by atoms with Gasteiger partial charge in [-0.1, -0.05) is 6.92 Å². The van der Waals surface area contributed by atoms with E-state index in [9.17, 15) is 0 Å². The number of aromatic nitrogens is 1. The molecule has 0 atom stereocenters. The highest BCUT2D eigenvalue weighted by atomic mass is 32.1. The van der Waals surface area contributed by atoms with E-state index in [-0.39, 0.29) is 5.54 Å². The molecular formula is C11H18N2S. The van der Waals surface area contributed by atoms with Crippen LogP contribution in [-0.2, 0) is 5.54 Å². The van der Waals surface area contributed by atoms with Crippen LogP contribution in [0.2, 0.25) is 0 Å². The van der Waals surface area contributed by atoms with Crippen LogP contribution >= 0.6 is 11.3 Å². The molecule has 2 N–H and O–H groups in total. The lowest BCUT2D eigenvalue weighted by molar-refractivity contribution is 0.247. The number of hydrogen-bond donors (Lipinski definition) is 1. The maximum absolute atomic E-state index is 6.40. The minimum absolute atomic E-state index is 0.120. The molecule has 2 nitrogen and oxygen atoms in total. The molecule has 1 heterocycles. The first-order valence-electron chi connectivity index (χ1n) is 5.32. The molecule has 1 aliphatic rings. The van der Waals surface area contributed by atoms with Crippen molar-refractivity contribution in [2.45, 2.75) is 45.1 Å². The van der Waals surface area contributed by atoms with Gasteiger partial charge in [-0.2, -0.15) is 0 Å². The van der Waals surface area contributed by atoms with Crippen molar-refractivity contribution in [3.05, 3.63) is 16.1 Å². The molecular weight excluding hydrogens is 192 g/mol. The molecule has 3 heteroatoms. The third-order valence-corrected chi connectivity index (χ3v) is 4.39. The molecule has 0 amide bonds. The Bertz CT molecular complexity index is 311. The van der Waals surface area contributed by atoms with Gasteiger partial charge in [0.2, 0.25) is 0 Å². The first-order chi connectivity index (χ1) is 6.60. The van der Waals surface area contributed by atoms with Crippen molar-refractivity contribution in [3.8, 4) is 0 Å². The van der Waals surface area contributed by atoms with Crippen molar-refractivity contribution in [2.75, 3.05) is 0 Å². The van der Waals surface area contributed by atoms with Gasteiger partial charge in [0.15, 0.2) is 0 Å². The highest BCUT2D eigenvalue weighted by Gasteiger charge is 2.34. The van der Waals surface area contributed by atoms with E-state index < -0.39 is 0 Å². The summed E-state index contributed by atoms with van der Waals surface area (Å²) in [5, 5.41) is 3.24. The largest absolute Gasteiger partial charge is 0.319 e. The van der Waals surface area contributed by atoms with Gasteiger partial charge in [-0.25, -0.2) is 4.98 Å². The zero-order valence-electron chi connectivity index (χ0n) is 8.92. The Hall–Kier alpha value is -0.410. The van der Waals surface area contributed by atoms with Crippen LogP contribution in [0.3, 0.4) is 0 Å². The second-order valence-electron chi connectivity index (χ2n) is 4.63. The van der Waals surface area contributed by atoms with Crippen molar-refractivity contribution in [2.24, 2.45) is 11.7 Å². The fourth-order valence-electron chi connectivity index (χ4n) is 2.07. The molecule has 2 rings (SSSR count). The van der Waals surface area contributed by atoms with E-state index in [2.05, 4.69) is 17.3 Å². The second kappa shape index (κ2) is 3.63. The Labute approximate surface area is 89.5 Å². The number of hydrogen-bond acceptors (Lipinski definition) is 3. The molecule has 1 aliphatic carbocycles. The number of nitrogens with two attached hydrogens (primary N) is 1. The quantitative estimate of drug-likeness (QED) is 0.774. The summed E-state index contributed by atoms with van der Waals surface area (Å²) < 4.78 is 0. The van der Waals surface area contributed by atoms with E-state index in [4.69, 9.17) is 5.73 Å². The molecule has 1 aromatic heterocycles. The fourth-order valence-corrected chi connectivity index (χ4v) is 3.04. The molecule has 14 heavy (non-hydrogen) atoms. The van der Waals surface area contributed by atoms with Crippen molar-refractivity contribution in [1.82, 2.24) is 4.98 Å². The molecule has 1 aromatic rings. The topological polar surface area (TPSA) is 38.9 Å². The molecule has 0 spiro atoms. The van der Waals surface area contributed by atoms with Crippen LogP contribution in [0.1, 0.15) is 43.3 Å². The molecule has 0 saturated heterocycles. The Balaban J connectivity index is 2.16. The first-order valence-corrected chi connectivity index (χ1v) is 6.19.